The smallest absolute Gasteiger partial charge is 0.341 e. The second-order valence-corrected chi connectivity index (χ2v) is 7.70. The van der Waals surface area contributed by atoms with Crippen molar-refractivity contribution in [3.05, 3.63) is 65.2 Å². The standard InChI is InChI=1S/C24H27NO4/c1-3-28-23(27)20-14-10-13-19-21(26)17(2)24(29-22(19)20,18-11-6-4-7-12-18)25-15-8-5-9-16-25/h4,6-7,10-14,17H,3,5,8-9,15-16H2,1-2H3. The van der Waals surface area contributed by atoms with E-state index in [9.17, 15) is 9.59 Å². The Hall–Kier alpha value is -2.66. The molecule has 5 nitrogen and oxygen atoms in total. The molecular weight excluding hydrogens is 366 g/mol. The Balaban J connectivity index is 1.90. The fraction of sp³-hybridized carbons (Fsp3) is 0.417. The Kier molecular flexibility index (Phi) is 5.41. The molecule has 0 N–H and O–H groups in total. The molecule has 1 saturated heterocycles. The summed E-state index contributed by atoms with van der Waals surface area (Å²) in [5, 5.41) is 0. The normalized spacial score (nSPS) is 24.5. The molecule has 0 aliphatic carbocycles. The molecule has 2 heterocycles. The van der Waals surface area contributed by atoms with Gasteiger partial charge in [0.05, 0.1) is 18.1 Å². The van der Waals surface area contributed by atoms with Crippen molar-refractivity contribution in [1.29, 1.82) is 0 Å². The van der Waals surface area contributed by atoms with Crippen LogP contribution in [0.15, 0.2) is 48.5 Å². The van der Waals surface area contributed by atoms with E-state index >= 15 is 0 Å². The number of hydrogen-bond acceptors (Lipinski definition) is 5. The molecule has 0 radical (unpaired) electrons. The highest BCUT2D eigenvalue weighted by atomic mass is 16.5. The first-order valence-electron chi connectivity index (χ1n) is 10.4. The van der Waals surface area contributed by atoms with Gasteiger partial charge in [-0.3, -0.25) is 9.69 Å². The fourth-order valence-corrected chi connectivity index (χ4v) is 4.60. The number of ketones is 1. The fourth-order valence-electron chi connectivity index (χ4n) is 4.60. The highest BCUT2D eigenvalue weighted by molar-refractivity contribution is 6.06. The Bertz CT molecular complexity index is 904. The number of carbonyl (C=O) groups excluding carboxylic acids is 2. The van der Waals surface area contributed by atoms with Crippen LogP contribution in [0.2, 0.25) is 0 Å². The number of esters is 1. The SMILES string of the molecule is CCOC(=O)c1cccc2c1OC(c1ccccc1)(N1CCCCC1)C(C)C2=O. The molecule has 2 aromatic carbocycles. The maximum Gasteiger partial charge on any atom is 0.341 e. The Morgan fingerprint density at radius 1 is 1.10 bits per heavy atom. The van der Waals surface area contributed by atoms with Crippen LogP contribution in [0.25, 0.3) is 0 Å². The van der Waals surface area contributed by atoms with Crippen LogP contribution >= 0.6 is 0 Å². The molecule has 5 heteroatoms. The minimum absolute atomic E-state index is 0.00757. The van der Waals surface area contributed by atoms with Crippen molar-refractivity contribution in [3.8, 4) is 5.75 Å². The van der Waals surface area contributed by atoms with E-state index in [1.54, 1.807) is 25.1 Å². The van der Waals surface area contributed by atoms with Crippen molar-refractivity contribution in [2.75, 3.05) is 19.7 Å². The second kappa shape index (κ2) is 7.99. The maximum absolute atomic E-state index is 13.5. The summed E-state index contributed by atoms with van der Waals surface area (Å²) in [6, 6.07) is 15.0. The largest absolute Gasteiger partial charge is 0.466 e. The molecule has 1 fully saturated rings. The van der Waals surface area contributed by atoms with Crippen molar-refractivity contribution in [2.45, 2.75) is 38.8 Å². The zero-order valence-electron chi connectivity index (χ0n) is 17.0. The van der Waals surface area contributed by atoms with Gasteiger partial charge < -0.3 is 9.47 Å². The summed E-state index contributed by atoms with van der Waals surface area (Å²) in [5.41, 5.74) is 0.759. The average molecular weight is 393 g/mol. The number of rotatable bonds is 4. The molecule has 0 amide bonds. The maximum atomic E-state index is 13.5. The van der Waals surface area contributed by atoms with Crippen LogP contribution < -0.4 is 4.74 Å². The number of carbonyl (C=O) groups is 2. The predicted octanol–water partition coefficient (Wildman–Crippen LogP) is 4.41. The van der Waals surface area contributed by atoms with Gasteiger partial charge in [0.2, 0.25) is 0 Å². The van der Waals surface area contributed by atoms with Crippen LogP contribution in [0.3, 0.4) is 0 Å². The van der Waals surface area contributed by atoms with Crippen LogP contribution in [-0.4, -0.2) is 36.3 Å². The first-order chi connectivity index (χ1) is 14.1. The molecule has 2 atom stereocenters. The molecule has 0 bridgehead atoms. The van der Waals surface area contributed by atoms with E-state index in [0.29, 0.717) is 16.9 Å². The third-order valence-electron chi connectivity index (χ3n) is 6.03. The van der Waals surface area contributed by atoms with Gasteiger partial charge in [0.15, 0.2) is 11.5 Å². The number of hydrogen-bond donors (Lipinski definition) is 0. The number of Topliss-reactive ketones (excluding diaryl/α,β-unsaturated/α-hetero) is 1. The number of benzene rings is 2. The molecule has 4 rings (SSSR count). The van der Waals surface area contributed by atoms with Crippen molar-refractivity contribution in [3.63, 3.8) is 0 Å². The summed E-state index contributed by atoms with van der Waals surface area (Å²) in [7, 11) is 0. The lowest BCUT2D eigenvalue weighted by Crippen LogP contribution is -2.60. The van der Waals surface area contributed by atoms with Gasteiger partial charge in [-0.25, -0.2) is 4.79 Å². The van der Waals surface area contributed by atoms with Gasteiger partial charge in [-0.2, -0.15) is 0 Å². The van der Waals surface area contributed by atoms with Gasteiger partial charge in [0.25, 0.3) is 0 Å². The van der Waals surface area contributed by atoms with Crippen LogP contribution in [0, 0.1) is 5.92 Å². The minimum Gasteiger partial charge on any atom is -0.466 e. The summed E-state index contributed by atoms with van der Waals surface area (Å²) in [4.78, 5) is 28.4. The lowest BCUT2D eigenvalue weighted by atomic mass is 9.79. The van der Waals surface area contributed by atoms with Gasteiger partial charge in [-0.1, -0.05) is 42.8 Å². The van der Waals surface area contributed by atoms with Gasteiger partial charge in [0.1, 0.15) is 11.3 Å². The number of likely N-dealkylation sites (tertiary alicyclic amines) is 1. The van der Waals surface area contributed by atoms with E-state index in [0.717, 1.165) is 31.5 Å². The molecule has 0 aromatic heterocycles. The quantitative estimate of drug-likeness (QED) is 0.720. The van der Waals surface area contributed by atoms with Crippen LogP contribution in [0.4, 0.5) is 0 Å². The molecule has 0 saturated carbocycles. The Morgan fingerprint density at radius 3 is 2.52 bits per heavy atom. The number of piperidine rings is 1. The zero-order chi connectivity index (χ0) is 20.4. The van der Waals surface area contributed by atoms with Crippen LogP contribution in [0.5, 0.6) is 5.75 Å². The first-order valence-corrected chi connectivity index (χ1v) is 10.4. The summed E-state index contributed by atoms with van der Waals surface area (Å²) in [6.45, 7) is 5.67. The van der Waals surface area contributed by atoms with E-state index in [-0.39, 0.29) is 12.4 Å². The molecular formula is C24H27NO4. The summed E-state index contributed by atoms with van der Waals surface area (Å²) >= 11 is 0. The van der Waals surface area contributed by atoms with Gasteiger partial charge in [-0.05, 0) is 38.8 Å². The summed E-state index contributed by atoms with van der Waals surface area (Å²) in [5.74, 6) is -0.546. The Morgan fingerprint density at radius 2 is 1.83 bits per heavy atom. The first kappa shape index (κ1) is 19.6. The highest BCUT2D eigenvalue weighted by Gasteiger charge is 2.53. The van der Waals surface area contributed by atoms with Gasteiger partial charge >= 0.3 is 5.97 Å². The molecule has 152 valence electrons. The lowest BCUT2D eigenvalue weighted by Gasteiger charge is -2.51. The zero-order valence-corrected chi connectivity index (χ0v) is 17.0. The molecule has 0 spiro atoms. The number of para-hydroxylation sites is 1. The molecule has 2 aromatic rings. The third-order valence-corrected chi connectivity index (χ3v) is 6.03. The predicted molar refractivity (Wildman–Crippen MR) is 110 cm³/mol. The average Bonchev–Trinajstić information content (AvgIpc) is 2.77. The molecule has 2 aliphatic heterocycles. The summed E-state index contributed by atoms with van der Waals surface area (Å²) < 4.78 is 12.0. The van der Waals surface area contributed by atoms with Gasteiger partial charge in [-0.15, -0.1) is 0 Å². The monoisotopic (exact) mass is 393 g/mol. The molecule has 2 aliphatic rings. The third kappa shape index (κ3) is 3.23. The number of fused-ring (bicyclic) bond motifs is 1. The Labute approximate surface area is 171 Å². The molecule has 2 unspecified atom stereocenters. The van der Waals surface area contributed by atoms with E-state index in [1.165, 1.54) is 6.42 Å². The summed E-state index contributed by atoms with van der Waals surface area (Å²) in [6.07, 6.45) is 3.30. The highest BCUT2D eigenvalue weighted by Crippen LogP contribution is 2.47. The molecule has 29 heavy (non-hydrogen) atoms. The number of nitrogens with zero attached hydrogens (tertiary/aromatic N) is 1. The van der Waals surface area contributed by atoms with Crippen molar-refractivity contribution >= 4 is 11.8 Å². The minimum atomic E-state index is -0.936. The van der Waals surface area contributed by atoms with Crippen LogP contribution in [0.1, 0.15) is 59.4 Å². The van der Waals surface area contributed by atoms with Crippen molar-refractivity contribution < 1.29 is 19.1 Å². The van der Waals surface area contributed by atoms with E-state index < -0.39 is 17.6 Å². The van der Waals surface area contributed by atoms with E-state index in [1.807, 2.05) is 37.3 Å². The lowest BCUT2D eigenvalue weighted by molar-refractivity contribution is -0.133. The topological polar surface area (TPSA) is 55.8 Å². The number of ether oxygens (including phenoxy) is 2. The van der Waals surface area contributed by atoms with E-state index in [4.69, 9.17) is 9.47 Å². The van der Waals surface area contributed by atoms with Gasteiger partial charge in [0, 0.05) is 18.7 Å². The second-order valence-electron chi connectivity index (χ2n) is 7.70. The van der Waals surface area contributed by atoms with E-state index in [2.05, 4.69) is 4.90 Å². The van der Waals surface area contributed by atoms with Crippen LogP contribution in [-0.2, 0) is 10.5 Å². The van der Waals surface area contributed by atoms with Crippen molar-refractivity contribution in [1.82, 2.24) is 4.90 Å². The van der Waals surface area contributed by atoms with Crippen molar-refractivity contribution in [2.24, 2.45) is 5.92 Å².